The highest BCUT2D eigenvalue weighted by atomic mass is 28.4. The number of hydrogen-bond acceptors (Lipinski definition) is 4. The van der Waals surface area contributed by atoms with Crippen molar-refractivity contribution in [3.8, 4) is 0 Å². The topological polar surface area (TPSA) is 44.8 Å². The molecule has 0 aromatic carbocycles. The lowest BCUT2D eigenvalue weighted by molar-refractivity contribution is -0.139. The van der Waals surface area contributed by atoms with Crippen molar-refractivity contribution in [3.05, 3.63) is 0 Å². The number of carbonyl (C=O) groups excluding carboxylic acids is 1. The van der Waals surface area contributed by atoms with E-state index in [-0.39, 0.29) is 5.97 Å². The molecule has 0 bridgehead atoms. The van der Waals surface area contributed by atoms with Crippen LogP contribution in [0.25, 0.3) is 0 Å². The predicted octanol–water partition coefficient (Wildman–Crippen LogP) is 5.72. The van der Waals surface area contributed by atoms with Crippen LogP contribution in [-0.2, 0) is 18.1 Å². The summed E-state index contributed by atoms with van der Waals surface area (Å²) in [6.07, 6.45) is 12.1. The summed E-state index contributed by atoms with van der Waals surface area (Å²) in [6.45, 7) is 6.31. The quantitative estimate of drug-likeness (QED) is 0.440. The van der Waals surface area contributed by atoms with Gasteiger partial charge in [-0.2, -0.15) is 0 Å². The van der Waals surface area contributed by atoms with Crippen molar-refractivity contribution < 1.29 is 18.1 Å². The fourth-order valence-corrected chi connectivity index (χ4v) is 13.1. The molecule has 2 saturated carbocycles. The largest absolute Gasteiger partial charge is 0.518 e. The molecule has 2 fully saturated rings. The van der Waals surface area contributed by atoms with Gasteiger partial charge in [0.1, 0.15) is 5.04 Å². The van der Waals surface area contributed by atoms with E-state index in [1.54, 1.807) is 14.2 Å². The third-order valence-electron chi connectivity index (χ3n) is 6.99. The third-order valence-corrected chi connectivity index (χ3v) is 15.0. The van der Waals surface area contributed by atoms with Crippen LogP contribution in [0.15, 0.2) is 0 Å². The molecule has 151 valence electrons. The smallest absolute Gasteiger partial charge is 0.402 e. The molecule has 2 aliphatic carbocycles. The second-order valence-electron chi connectivity index (χ2n) is 8.44. The molecular formula is C20H39O4Si2. The lowest BCUT2D eigenvalue weighted by Gasteiger charge is -2.43. The fraction of sp³-hybridized carbons (Fsp3) is 0.950. The van der Waals surface area contributed by atoms with Gasteiger partial charge in [0.05, 0.1) is 0 Å². The first kappa shape index (κ1) is 22.1. The SMILES string of the molecule is CCC[Si](OC(=O)C(C)(CC)[Si](OC)OC)(C1CCCC1)C1CCCC1. The average molecular weight is 400 g/mol. The molecule has 4 nitrogen and oxygen atoms in total. The second kappa shape index (κ2) is 9.85. The fourth-order valence-electron chi connectivity index (χ4n) is 5.37. The van der Waals surface area contributed by atoms with Gasteiger partial charge in [-0.25, -0.2) is 0 Å². The summed E-state index contributed by atoms with van der Waals surface area (Å²) >= 11 is 0. The second-order valence-corrected chi connectivity index (χ2v) is 15.2. The molecular weight excluding hydrogens is 360 g/mol. The van der Waals surface area contributed by atoms with Gasteiger partial charge in [-0.15, -0.1) is 0 Å². The van der Waals surface area contributed by atoms with Crippen LogP contribution in [0.5, 0.6) is 0 Å². The summed E-state index contributed by atoms with van der Waals surface area (Å²) in [5.41, 5.74) is 1.33. The number of carbonyl (C=O) groups is 1. The lowest BCUT2D eigenvalue weighted by Crippen LogP contribution is -2.52. The molecule has 0 amide bonds. The highest BCUT2D eigenvalue weighted by molar-refractivity contribution is 6.78. The number of hydrogen-bond donors (Lipinski definition) is 0. The van der Waals surface area contributed by atoms with E-state index in [4.69, 9.17) is 13.3 Å². The van der Waals surface area contributed by atoms with Gasteiger partial charge in [-0.3, -0.25) is 4.79 Å². The minimum atomic E-state index is -2.13. The molecule has 2 rings (SSSR count). The molecule has 2 aliphatic rings. The maximum atomic E-state index is 13.5. The van der Waals surface area contributed by atoms with E-state index >= 15 is 0 Å². The van der Waals surface area contributed by atoms with Crippen LogP contribution in [0.1, 0.15) is 85.0 Å². The molecule has 0 N–H and O–H groups in total. The lowest BCUT2D eigenvalue weighted by atomic mass is 10.1. The van der Waals surface area contributed by atoms with Gasteiger partial charge in [0.25, 0.3) is 14.3 Å². The molecule has 0 aliphatic heterocycles. The summed E-state index contributed by atoms with van der Waals surface area (Å²) in [5, 5.41) is -0.642. The van der Waals surface area contributed by atoms with Gasteiger partial charge >= 0.3 is 9.28 Å². The Kier molecular flexibility index (Phi) is 8.38. The summed E-state index contributed by atoms with van der Waals surface area (Å²) in [6, 6.07) is 1.13. The van der Waals surface area contributed by atoms with E-state index in [0.29, 0.717) is 17.5 Å². The van der Waals surface area contributed by atoms with Crippen molar-refractivity contribution in [2.24, 2.45) is 0 Å². The maximum Gasteiger partial charge on any atom is 0.402 e. The molecule has 1 unspecified atom stereocenters. The zero-order chi connectivity index (χ0) is 19.2. The van der Waals surface area contributed by atoms with Gasteiger partial charge in [-0.05, 0) is 56.2 Å². The first-order valence-electron chi connectivity index (χ1n) is 10.7. The molecule has 0 aromatic rings. The Bertz CT molecular complexity index is 427. The standard InChI is InChI=1S/C20H39O4Si2/c1-6-16-26(17-12-8-9-13-17,18-14-10-11-15-18)24-19(21)20(3,7-2)25(22-4)23-5/h17-18H,6-16H2,1-5H3. The Morgan fingerprint density at radius 2 is 1.46 bits per heavy atom. The summed E-state index contributed by atoms with van der Waals surface area (Å²) in [5.74, 6) is -0.0310. The Morgan fingerprint density at radius 3 is 1.81 bits per heavy atom. The first-order chi connectivity index (χ1) is 12.5. The molecule has 0 saturated heterocycles. The van der Waals surface area contributed by atoms with E-state index < -0.39 is 22.6 Å². The molecule has 6 heteroatoms. The Labute approximate surface area is 163 Å². The summed E-state index contributed by atoms with van der Waals surface area (Å²) < 4.78 is 17.9. The van der Waals surface area contributed by atoms with Crippen molar-refractivity contribution in [2.45, 2.75) is 107 Å². The van der Waals surface area contributed by atoms with E-state index in [0.717, 1.165) is 12.5 Å². The molecule has 0 spiro atoms. The highest BCUT2D eigenvalue weighted by Crippen LogP contribution is 2.54. The molecule has 1 atom stereocenters. The van der Waals surface area contributed by atoms with Crippen LogP contribution in [0.3, 0.4) is 0 Å². The summed E-state index contributed by atoms with van der Waals surface area (Å²) in [7, 11) is -0.516. The van der Waals surface area contributed by atoms with E-state index in [9.17, 15) is 4.79 Å². The van der Waals surface area contributed by atoms with Gasteiger partial charge in [-0.1, -0.05) is 46.0 Å². The van der Waals surface area contributed by atoms with Crippen LogP contribution in [0.2, 0.25) is 22.2 Å². The van der Waals surface area contributed by atoms with Crippen LogP contribution < -0.4 is 0 Å². The number of rotatable bonds is 10. The maximum absolute atomic E-state index is 13.5. The van der Waals surface area contributed by atoms with E-state index in [2.05, 4.69) is 13.8 Å². The van der Waals surface area contributed by atoms with Crippen molar-refractivity contribution in [3.63, 3.8) is 0 Å². The minimum Gasteiger partial charge on any atom is -0.518 e. The van der Waals surface area contributed by atoms with Crippen LogP contribution >= 0.6 is 0 Å². The van der Waals surface area contributed by atoms with E-state index in [1.165, 1.54) is 51.4 Å². The van der Waals surface area contributed by atoms with E-state index in [1.807, 2.05) is 6.92 Å². The highest BCUT2D eigenvalue weighted by Gasteiger charge is 2.56. The molecule has 1 radical (unpaired) electrons. The average Bonchev–Trinajstić information content (AvgIpc) is 3.35. The molecule has 0 aromatic heterocycles. The monoisotopic (exact) mass is 399 g/mol. The third kappa shape index (κ3) is 4.28. The van der Waals surface area contributed by atoms with Gasteiger partial charge in [0.2, 0.25) is 0 Å². The van der Waals surface area contributed by atoms with Crippen molar-refractivity contribution in [1.82, 2.24) is 0 Å². The van der Waals surface area contributed by atoms with Crippen LogP contribution in [-0.4, -0.2) is 37.8 Å². The van der Waals surface area contributed by atoms with Crippen molar-refractivity contribution in [2.75, 3.05) is 14.2 Å². The zero-order valence-corrected chi connectivity index (χ0v) is 19.6. The Balaban J connectivity index is 2.33. The summed E-state index contributed by atoms with van der Waals surface area (Å²) in [4.78, 5) is 13.5. The zero-order valence-electron chi connectivity index (χ0n) is 17.6. The first-order valence-corrected chi connectivity index (χ1v) is 14.3. The van der Waals surface area contributed by atoms with Gasteiger partial charge < -0.3 is 13.3 Å². The van der Waals surface area contributed by atoms with Crippen molar-refractivity contribution >= 4 is 23.6 Å². The Morgan fingerprint density at radius 1 is 1.00 bits per heavy atom. The Hall–Kier alpha value is -0.176. The van der Waals surface area contributed by atoms with Gasteiger partial charge in [0, 0.05) is 14.2 Å². The molecule has 0 heterocycles. The molecule has 26 heavy (non-hydrogen) atoms. The van der Waals surface area contributed by atoms with Crippen molar-refractivity contribution in [1.29, 1.82) is 0 Å². The minimum absolute atomic E-state index is 0.0310. The van der Waals surface area contributed by atoms with Crippen LogP contribution in [0.4, 0.5) is 0 Å². The van der Waals surface area contributed by atoms with Gasteiger partial charge in [0.15, 0.2) is 0 Å². The normalized spacial score (nSPS) is 22.1. The predicted molar refractivity (Wildman–Crippen MR) is 110 cm³/mol. The van der Waals surface area contributed by atoms with Crippen LogP contribution in [0, 0.1) is 0 Å².